The quantitative estimate of drug-likeness (QED) is 0.264. The van der Waals surface area contributed by atoms with E-state index in [1.54, 1.807) is 28.0 Å². The molecule has 2 aromatic heterocycles. The van der Waals surface area contributed by atoms with Crippen molar-refractivity contribution in [2.75, 3.05) is 13.1 Å². The molecule has 0 spiro atoms. The van der Waals surface area contributed by atoms with Crippen molar-refractivity contribution < 1.29 is 9.59 Å². The summed E-state index contributed by atoms with van der Waals surface area (Å²) in [6.45, 7) is 4.73. The van der Waals surface area contributed by atoms with Crippen molar-refractivity contribution in [3.05, 3.63) is 92.2 Å². The molecule has 4 rings (SSSR count). The Morgan fingerprint density at radius 3 is 2.54 bits per heavy atom. The Kier molecular flexibility index (Phi) is 8.16. The largest absolute Gasteiger partial charge is 0.361 e. The van der Waals surface area contributed by atoms with E-state index in [0.29, 0.717) is 34.4 Å². The van der Waals surface area contributed by atoms with Crippen molar-refractivity contribution in [1.29, 1.82) is 0 Å². The van der Waals surface area contributed by atoms with Gasteiger partial charge in [-0.05, 0) is 61.0 Å². The van der Waals surface area contributed by atoms with Crippen LogP contribution in [-0.4, -0.2) is 45.7 Å². The van der Waals surface area contributed by atoms with Crippen LogP contribution < -0.4 is 0 Å². The molecular weight excluding hydrogens is 501 g/mol. The molecule has 0 aliphatic heterocycles. The van der Waals surface area contributed by atoms with Gasteiger partial charge < -0.3 is 14.8 Å². The molecule has 2 amide bonds. The highest BCUT2D eigenvalue weighted by molar-refractivity contribution is 7.12. The average molecular weight is 529 g/mol. The lowest BCUT2D eigenvalue weighted by Crippen LogP contribution is -2.46. The maximum Gasteiger partial charge on any atom is 0.264 e. The van der Waals surface area contributed by atoms with Gasteiger partial charge in [-0.15, -0.1) is 11.3 Å². The van der Waals surface area contributed by atoms with Gasteiger partial charge in [-0.3, -0.25) is 9.59 Å². The zero-order valence-corrected chi connectivity index (χ0v) is 22.0. The van der Waals surface area contributed by atoms with Crippen LogP contribution in [0.3, 0.4) is 0 Å². The predicted molar refractivity (Wildman–Crippen MR) is 144 cm³/mol. The second-order valence-corrected chi connectivity index (χ2v) is 10.4. The molecule has 0 aliphatic carbocycles. The Hall–Kier alpha value is -2.80. The van der Waals surface area contributed by atoms with Crippen molar-refractivity contribution >= 4 is 57.3 Å². The van der Waals surface area contributed by atoms with Crippen LogP contribution in [0.5, 0.6) is 0 Å². The predicted octanol–water partition coefficient (Wildman–Crippen LogP) is 6.66. The summed E-state index contributed by atoms with van der Waals surface area (Å²) in [5, 5.41) is 3.93. The van der Waals surface area contributed by atoms with Crippen LogP contribution >= 0.6 is 34.5 Å². The molecule has 2 aromatic carbocycles. The second-order valence-electron chi connectivity index (χ2n) is 8.68. The van der Waals surface area contributed by atoms with Gasteiger partial charge in [-0.25, -0.2) is 0 Å². The van der Waals surface area contributed by atoms with E-state index in [9.17, 15) is 9.59 Å². The summed E-state index contributed by atoms with van der Waals surface area (Å²) < 4.78 is 0. The molecule has 4 aromatic rings. The maximum atomic E-state index is 13.6. The van der Waals surface area contributed by atoms with Crippen molar-refractivity contribution in [2.45, 2.75) is 32.9 Å². The number of aromatic amines is 1. The van der Waals surface area contributed by atoms with Crippen molar-refractivity contribution in [1.82, 2.24) is 14.8 Å². The first kappa shape index (κ1) is 25.3. The third-order valence-corrected chi connectivity index (χ3v) is 7.55. The van der Waals surface area contributed by atoms with Gasteiger partial charge in [-0.1, -0.05) is 53.5 Å². The van der Waals surface area contributed by atoms with E-state index >= 15 is 0 Å². The van der Waals surface area contributed by atoms with E-state index in [2.05, 4.69) is 11.1 Å². The molecule has 182 valence electrons. The van der Waals surface area contributed by atoms with Crippen LogP contribution in [0.25, 0.3) is 10.9 Å². The van der Waals surface area contributed by atoms with Gasteiger partial charge in [0.25, 0.3) is 5.91 Å². The number of halogens is 2. The fourth-order valence-corrected chi connectivity index (χ4v) is 5.02. The first-order valence-electron chi connectivity index (χ1n) is 11.4. The zero-order chi connectivity index (χ0) is 24.9. The lowest BCUT2D eigenvalue weighted by atomic mass is 10.1. The van der Waals surface area contributed by atoms with Gasteiger partial charge in [0, 0.05) is 36.2 Å². The highest BCUT2D eigenvalue weighted by Crippen LogP contribution is 2.24. The summed E-state index contributed by atoms with van der Waals surface area (Å²) >= 11 is 13.7. The van der Waals surface area contributed by atoms with Gasteiger partial charge >= 0.3 is 0 Å². The molecule has 0 bridgehead atoms. The topological polar surface area (TPSA) is 56.4 Å². The lowest BCUT2D eigenvalue weighted by molar-refractivity contribution is -0.132. The lowest BCUT2D eigenvalue weighted by Gasteiger charge is -2.30. The maximum absolute atomic E-state index is 13.6. The minimum absolute atomic E-state index is 0.00358. The van der Waals surface area contributed by atoms with Crippen LogP contribution in [0, 0.1) is 0 Å². The summed E-state index contributed by atoms with van der Waals surface area (Å²) in [6.07, 6.45) is 2.67. The third-order valence-electron chi connectivity index (χ3n) is 5.96. The molecule has 0 fully saturated rings. The molecule has 1 N–H and O–H groups in total. The van der Waals surface area contributed by atoms with Crippen LogP contribution in [0.15, 0.2) is 66.2 Å². The van der Waals surface area contributed by atoms with E-state index in [4.69, 9.17) is 23.2 Å². The number of H-pyrrole nitrogens is 1. The first-order chi connectivity index (χ1) is 16.8. The molecule has 2 heterocycles. The number of carbonyl (C=O) groups excluding carboxylic acids is 2. The summed E-state index contributed by atoms with van der Waals surface area (Å²) in [6, 6.07) is 17.0. The Balaban J connectivity index is 1.55. The van der Waals surface area contributed by atoms with Crippen molar-refractivity contribution in [3.63, 3.8) is 0 Å². The first-order valence-corrected chi connectivity index (χ1v) is 13.1. The highest BCUT2D eigenvalue weighted by atomic mass is 35.5. The summed E-state index contributed by atoms with van der Waals surface area (Å²) in [5.41, 5.74) is 3.09. The fourth-order valence-electron chi connectivity index (χ4n) is 4.02. The molecule has 35 heavy (non-hydrogen) atoms. The molecule has 0 atom stereocenters. The summed E-state index contributed by atoms with van der Waals surface area (Å²) in [7, 11) is 0. The Morgan fingerprint density at radius 1 is 1.03 bits per heavy atom. The van der Waals surface area contributed by atoms with Gasteiger partial charge in [0.2, 0.25) is 5.91 Å². The highest BCUT2D eigenvalue weighted by Gasteiger charge is 2.25. The number of carbonyl (C=O) groups is 2. The molecule has 5 nitrogen and oxygen atoms in total. The number of thiophene rings is 1. The van der Waals surface area contributed by atoms with Gasteiger partial charge in [0.05, 0.1) is 14.9 Å². The number of nitrogens with zero attached hydrogens (tertiary/aromatic N) is 2. The van der Waals surface area contributed by atoms with Gasteiger partial charge in [0.15, 0.2) is 0 Å². The number of amides is 2. The van der Waals surface area contributed by atoms with Crippen LogP contribution in [0.4, 0.5) is 0 Å². The van der Waals surface area contributed by atoms with Gasteiger partial charge in [-0.2, -0.15) is 0 Å². The second kappa shape index (κ2) is 11.3. The van der Waals surface area contributed by atoms with Gasteiger partial charge in [0.1, 0.15) is 6.54 Å². The van der Waals surface area contributed by atoms with Crippen LogP contribution in [0.1, 0.15) is 34.6 Å². The Morgan fingerprint density at radius 2 is 1.83 bits per heavy atom. The van der Waals surface area contributed by atoms with E-state index in [1.165, 1.54) is 11.3 Å². The third kappa shape index (κ3) is 6.07. The average Bonchev–Trinajstić information content (AvgIpc) is 3.52. The minimum atomic E-state index is -0.130. The minimum Gasteiger partial charge on any atom is -0.361 e. The number of aromatic nitrogens is 1. The molecule has 8 heteroatoms. The van der Waals surface area contributed by atoms with Crippen LogP contribution in [0.2, 0.25) is 10.0 Å². The number of fused-ring (bicyclic) bond motifs is 1. The monoisotopic (exact) mass is 527 g/mol. The fraction of sp³-hybridized carbons (Fsp3) is 0.259. The SMILES string of the molecule is CC(C)N(CC(=O)N(CCc1c[nH]c2ccccc12)Cc1ccc(Cl)c(Cl)c1)C(=O)c1cccs1. The molecule has 0 unspecified atom stereocenters. The zero-order valence-electron chi connectivity index (χ0n) is 19.6. The van der Waals surface area contributed by atoms with E-state index in [0.717, 1.165) is 22.0 Å². The number of rotatable bonds is 9. The normalized spacial score (nSPS) is 11.2. The van der Waals surface area contributed by atoms with E-state index in [1.807, 2.05) is 55.8 Å². The summed E-state index contributed by atoms with van der Waals surface area (Å²) in [4.78, 5) is 34.0. The van der Waals surface area contributed by atoms with Crippen molar-refractivity contribution in [2.24, 2.45) is 0 Å². The Labute approximate surface area is 219 Å². The number of hydrogen-bond donors (Lipinski definition) is 1. The standard InChI is InChI=1S/C27H27Cl2N3O2S/c1-18(2)32(27(34)25-8-5-13-35-25)17-26(33)31(16-19-9-10-22(28)23(29)14-19)12-11-20-15-30-24-7-4-3-6-21(20)24/h3-10,13-15,18,30H,11-12,16-17H2,1-2H3. The summed E-state index contributed by atoms with van der Waals surface area (Å²) in [5.74, 6) is -0.246. The number of benzene rings is 2. The smallest absolute Gasteiger partial charge is 0.264 e. The number of para-hydroxylation sites is 1. The van der Waals surface area contributed by atoms with Crippen molar-refractivity contribution in [3.8, 4) is 0 Å². The molecule has 0 saturated carbocycles. The molecule has 0 radical (unpaired) electrons. The Bertz CT molecular complexity index is 1320. The molecular formula is C27H27Cl2N3O2S. The number of hydrogen-bond acceptors (Lipinski definition) is 3. The molecule has 0 saturated heterocycles. The van der Waals surface area contributed by atoms with E-state index < -0.39 is 0 Å². The molecule has 0 aliphatic rings. The van der Waals surface area contributed by atoms with E-state index in [-0.39, 0.29) is 24.4 Å². The number of nitrogens with one attached hydrogen (secondary N) is 1. The van der Waals surface area contributed by atoms with Crippen LogP contribution in [-0.2, 0) is 17.8 Å².